The third-order valence-corrected chi connectivity index (χ3v) is 4.64. The minimum absolute atomic E-state index is 0.00312. The second-order valence-corrected chi connectivity index (χ2v) is 7.15. The molecule has 1 unspecified atom stereocenters. The molecule has 0 spiro atoms. The van der Waals surface area contributed by atoms with Gasteiger partial charge in [0, 0.05) is 17.5 Å². The normalized spacial score (nSPS) is 15.2. The maximum absolute atomic E-state index is 11.1. The third-order valence-electron chi connectivity index (χ3n) is 4.64. The zero-order valence-electron chi connectivity index (χ0n) is 16.3. The number of aromatic nitrogens is 1. The smallest absolute Gasteiger partial charge is 0.320 e. The first-order valence-corrected chi connectivity index (χ1v) is 9.29. The second-order valence-electron chi connectivity index (χ2n) is 7.15. The van der Waals surface area contributed by atoms with Crippen LogP contribution in [-0.4, -0.2) is 67.7 Å². The summed E-state index contributed by atoms with van der Waals surface area (Å²) >= 11 is 0. The quantitative estimate of drug-likeness (QED) is 0.153. The lowest BCUT2D eigenvalue weighted by molar-refractivity contribution is -0.704. The Balaban J connectivity index is 3.04. The van der Waals surface area contributed by atoms with Gasteiger partial charge in [0.05, 0.1) is 0 Å². The molecule has 0 saturated carbocycles. The summed E-state index contributed by atoms with van der Waals surface area (Å²) < 4.78 is 1.45. The summed E-state index contributed by atoms with van der Waals surface area (Å²) in [5, 5.41) is 47.3. The topological polar surface area (TPSA) is 234 Å². The predicted molar refractivity (Wildman–Crippen MR) is 102 cm³/mol. The highest BCUT2D eigenvalue weighted by molar-refractivity contribution is 5.74. The van der Waals surface area contributed by atoms with Crippen LogP contribution in [0.4, 0.5) is 0 Å². The fourth-order valence-corrected chi connectivity index (χ4v) is 2.84. The molecule has 4 atom stereocenters. The SMILES string of the molecule is N[C@@H](CCc1c[n+](CC(O)CC[C@H](N)C(=O)O)cc(O)c1C[C@H](N)C(=O)O)C(=O)O. The van der Waals surface area contributed by atoms with Crippen LogP contribution in [0, 0.1) is 0 Å². The van der Waals surface area contributed by atoms with Crippen LogP contribution in [0.3, 0.4) is 0 Å². The van der Waals surface area contributed by atoms with Crippen LogP contribution in [-0.2, 0) is 33.8 Å². The molecule has 12 nitrogen and oxygen atoms in total. The highest BCUT2D eigenvalue weighted by Gasteiger charge is 2.24. The number of carbonyl (C=O) groups is 3. The van der Waals surface area contributed by atoms with Gasteiger partial charge >= 0.3 is 17.9 Å². The van der Waals surface area contributed by atoms with Gasteiger partial charge in [0.2, 0.25) is 6.20 Å². The van der Waals surface area contributed by atoms with Crippen molar-refractivity contribution >= 4 is 17.9 Å². The molecule has 0 radical (unpaired) electrons. The van der Waals surface area contributed by atoms with Crippen molar-refractivity contribution in [3.05, 3.63) is 23.5 Å². The van der Waals surface area contributed by atoms with Crippen molar-refractivity contribution in [1.29, 1.82) is 0 Å². The van der Waals surface area contributed by atoms with E-state index in [1.54, 1.807) is 6.20 Å². The number of aliphatic hydroxyl groups is 1. The molecular formula is C18H29N4O8+. The van der Waals surface area contributed by atoms with Gasteiger partial charge in [0.1, 0.15) is 24.2 Å². The molecule has 0 aliphatic carbocycles. The van der Waals surface area contributed by atoms with E-state index in [9.17, 15) is 24.6 Å². The largest absolute Gasteiger partial charge is 0.503 e. The first-order chi connectivity index (χ1) is 13.9. The molecular weight excluding hydrogens is 400 g/mol. The molecule has 0 aliphatic heterocycles. The maximum atomic E-state index is 11.1. The van der Waals surface area contributed by atoms with Crippen molar-refractivity contribution in [1.82, 2.24) is 0 Å². The molecule has 0 amide bonds. The lowest BCUT2D eigenvalue weighted by atomic mass is 9.96. The first kappa shape index (κ1) is 25.2. The number of nitrogens with two attached hydrogens (primary N) is 3. The molecule has 0 aliphatic rings. The Morgan fingerprint density at radius 2 is 1.40 bits per heavy atom. The Labute approximate surface area is 172 Å². The molecule has 1 heterocycles. The lowest BCUT2D eigenvalue weighted by Crippen LogP contribution is -2.41. The van der Waals surface area contributed by atoms with Crippen LogP contribution < -0.4 is 21.8 Å². The van der Waals surface area contributed by atoms with Gasteiger partial charge < -0.3 is 42.7 Å². The summed E-state index contributed by atoms with van der Waals surface area (Å²) in [5.41, 5.74) is 17.2. The Hall–Kier alpha value is -2.80. The minimum Gasteiger partial charge on any atom is -0.503 e. The number of rotatable bonds is 13. The van der Waals surface area contributed by atoms with E-state index in [0.717, 1.165) is 0 Å². The summed E-state index contributed by atoms with van der Waals surface area (Å²) in [6, 6.07) is -3.53. The van der Waals surface area contributed by atoms with Crippen molar-refractivity contribution in [2.24, 2.45) is 17.2 Å². The predicted octanol–water partition coefficient (Wildman–Crippen LogP) is -2.47. The zero-order chi connectivity index (χ0) is 23.0. The number of carboxylic acid groups (broad SMARTS) is 3. The van der Waals surface area contributed by atoms with Crippen LogP contribution in [0.25, 0.3) is 0 Å². The average Bonchev–Trinajstić information content (AvgIpc) is 2.65. The highest BCUT2D eigenvalue weighted by atomic mass is 16.4. The van der Waals surface area contributed by atoms with Crippen molar-refractivity contribution in [2.45, 2.75) is 62.9 Å². The molecule has 168 valence electrons. The van der Waals surface area contributed by atoms with E-state index in [0.29, 0.717) is 5.56 Å². The summed E-state index contributed by atoms with van der Waals surface area (Å²) in [4.78, 5) is 32.8. The molecule has 12 heteroatoms. The number of hydrogen-bond donors (Lipinski definition) is 8. The van der Waals surface area contributed by atoms with Crippen LogP contribution in [0.2, 0.25) is 0 Å². The van der Waals surface area contributed by atoms with Gasteiger partial charge in [-0.15, -0.1) is 0 Å². The van der Waals surface area contributed by atoms with Gasteiger partial charge in [0.15, 0.2) is 18.5 Å². The van der Waals surface area contributed by atoms with Crippen LogP contribution >= 0.6 is 0 Å². The summed E-state index contributed by atoms with van der Waals surface area (Å²) in [5.74, 6) is -3.90. The molecule has 0 fully saturated rings. The number of carboxylic acids is 3. The Morgan fingerprint density at radius 1 is 0.867 bits per heavy atom. The fourth-order valence-electron chi connectivity index (χ4n) is 2.84. The van der Waals surface area contributed by atoms with Crippen molar-refractivity contribution < 1.29 is 44.5 Å². The maximum Gasteiger partial charge on any atom is 0.320 e. The van der Waals surface area contributed by atoms with Crippen molar-refractivity contribution in [3.8, 4) is 5.75 Å². The van der Waals surface area contributed by atoms with Gasteiger partial charge in [-0.25, -0.2) is 0 Å². The van der Waals surface area contributed by atoms with Crippen LogP contribution in [0.5, 0.6) is 5.75 Å². The zero-order valence-corrected chi connectivity index (χ0v) is 16.3. The summed E-state index contributed by atoms with van der Waals surface area (Å²) in [6.07, 6.45) is 1.99. The molecule has 1 aromatic heterocycles. The van der Waals surface area contributed by atoms with E-state index < -0.39 is 42.1 Å². The van der Waals surface area contributed by atoms with E-state index in [1.807, 2.05) is 0 Å². The second kappa shape index (κ2) is 11.4. The van der Waals surface area contributed by atoms with Gasteiger partial charge in [-0.1, -0.05) is 0 Å². The van der Waals surface area contributed by atoms with Crippen molar-refractivity contribution in [2.75, 3.05) is 0 Å². The van der Waals surface area contributed by atoms with Gasteiger partial charge in [0.25, 0.3) is 0 Å². The van der Waals surface area contributed by atoms with Gasteiger partial charge in [-0.05, 0) is 25.7 Å². The van der Waals surface area contributed by atoms with E-state index in [1.165, 1.54) is 10.8 Å². The van der Waals surface area contributed by atoms with E-state index in [-0.39, 0.29) is 50.0 Å². The number of aryl methyl sites for hydroxylation is 1. The van der Waals surface area contributed by atoms with Crippen molar-refractivity contribution in [3.63, 3.8) is 0 Å². The number of hydrogen-bond acceptors (Lipinski definition) is 8. The molecule has 1 rings (SSSR count). The molecule has 0 bridgehead atoms. The van der Waals surface area contributed by atoms with E-state index in [4.69, 9.17) is 32.5 Å². The number of aromatic hydroxyl groups is 1. The minimum atomic E-state index is -1.28. The van der Waals surface area contributed by atoms with E-state index >= 15 is 0 Å². The summed E-state index contributed by atoms with van der Waals surface area (Å²) in [7, 11) is 0. The standard InChI is InChI=1S/C18H28N4O8/c19-12(16(25)26)3-1-9-6-22(7-10(23)2-4-13(20)17(27)28)8-15(24)11(9)5-14(21)18(29)30/h6,8,10,12-14,23H,1-5,7,19-21H2,(H3-,24,25,26,27,28,29,30)/p+1/t10?,12-,13-,14-/m0/s1. The number of aliphatic carboxylic acids is 3. The summed E-state index contributed by atoms with van der Waals surface area (Å²) in [6.45, 7) is 0.00312. The molecule has 0 saturated heterocycles. The number of aliphatic hydroxyl groups excluding tert-OH is 1. The monoisotopic (exact) mass is 429 g/mol. The average molecular weight is 429 g/mol. The first-order valence-electron chi connectivity index (χ1n) is 9.29. The Morgan fingerprint density at radius 3 is 1.93 bits per heavy atom. The fraction of sp³-hybridized carbons (Fsp3) is 0.556. The Kier molecular flexibility index (Phi) is 9.59. The van der Waals surface area contributed by atoms with Crippen LogP contribution in [0.1, 0.15) is 30.4 Å². The van der Waals surface area contributed by atoms with Gasteiger partial charge in [-0.3, -0.25) is 14.4 Å². The number of pyridine rings is 1. The van der Waals surface area contributed by atoms with Gasteiger partial charge in [-0.2, -0.15) is 4.57 Å². The van der Waals surface area contributed by atoms with E-state index in [2.05, 4.69) is 0 Å². The highest BCUT2D eigenvalue weighted by Crippen LogP contribution is 2.22. The third kappa shape index (κ3) is 7.91. The Bertz CT molecular complexity index is 773. The molecule has 1 aromatic rings. The van der Waals surface area contributed by atoms with Crippen LogP contribution in [0.15, 0.2) is 12.4 Å². The molecule has 0 aromatic carbocycles. The molecule has 11 N–H and O–H groups in total. The molecule has 30 heavy (non-hydrogen) atoms. The lowest BCUT2D eigenvalue weighted by Gasteiger charge is -2.15. The number of nitrogens with zero attached hydrogens (tertiary/aromatic N) is 1.